The van der Waals surface area contributed by atoms with E-state index < -0.39 is 11.9 Å². The van der Waals surface area contributed by atoms with Gasteiger partial charge >= 0.3 is 0 Å². The number of primary amides is 1. The fourth-order valence-corrected chi connectivity index (χ4v) is 2.54. The molecule has 0 bridgehead atoms. The zero-order chi connectivity index (χ0) is 18.7. The number of rotatable bonds is 6. The molecule has 1 heterocycles. The maximum absolute atomic E-state index is 11.8. The number of nitrogens with two attached hydrogens (primary N) is 1. The average molecular weight is 354 g/mol. The van der Waals surface area contributed by atoms with Crippen LogP contribution in [0.4, 0.5) is 5.82 Å². The van der Waals surface area contributed by atoms with Gasteiger partial charge in [-0.25, -0.2) is 9.97 Å². The predicted octanol–water partition coefficient (Wildman–Crippen LogP) is 0.866. The lowest BCUT2D eigenvalue weighted by molar-refractivity contribution is 0.100. The van der Waals surface area contributed by atoms with Gasteiger partial charge < -0.3 is 26.4 Å². The number of fused-ring (bicyclic) bond motifs is 1. The molecular formula is C18H18N4O4. The van der Waals surface area contributed by atoms with Crippen molar-refractivity contribution in [3.63, 3.8) is 0 Å². The molecule has 0 aliphatic carbocycles. The van der Waals surface area contributed by atoms with Gasteiger partial charge in [0.2, 0.25) is 0 Å². The first kappa shape index (κ1) is 17.6. The van der Waals surface area contributed by atoms with Gasteiger partial charge in [-0.3, -0.25) is 4.79 Å². The highest BCUT2D eigenvalue weighted by Gasteiger charge is 2.17. The second-order valence-corrected chi connectivity index (χ2v) is 5.72. The van der Waals surface area contributed by atoms with Gasteiger partial charge in [-0.05, 0) is 36.4 Å². The van der Waals surface area contributed by atoms with E-state index in [1.165, 1.54) is 12.1 Å². The largest absolute Gasteiger partial charge is 0.508 e. The van der Waals surface area contributed by atoms with Crippen LogP contribution < -0.4 is 11.1 Å². The van der Waals surface area contributed by atoms with Crippen LogP contribution in [0.25, 0.3) is 22.3 Å². The lowest BCUT2D eigenvalue weighted by Gasteiger charge is -2.17. The zero-order valence-corrected chi connectivity index (χ0v) is 13.8. The number of benzene rings is 2. The molecule has 0 fully saturated rings. The molecule has 0 radical (unpaired) electrons. The van der Waals surface area contributed by atoms with Gasteiger partial charge in [-0.1, -0.05) is 6.07 Å². The SMILES string of the molecule is NC(=O)c1cccc2c(NC(CO)CO)nc(-c3ccc(O)cc3)nc12. The van der Waals surface area contributed by atoms with Gasteiger partial charge in [0.15, 0.2) is 5.82 Å². The molecule has 0 aliphatic rings. The first-order valence-electron chi connectivity index (χ1n) is 7.91. The Labute approximate surface area is 149 Å². The standard InChI is InChI=1S/C18H18N4O4/c19-16(26)13-2-1-3-14-15(13)21-17(10-4-6-12(25)7-5-10)22-18(14)20-11(8-23)9-24/h1-7,11,23-25H,8-9H2,(H2,19,26)(H,20,21,22). The quantitative estimate of drug-likeness (QED) is 0.442. The van der Waals surface area contributed by atoms with E-state index in [1.54, 1.807) is 30.3 Å². The number of aliphatic hydroxyl groups is 2. The number of aliphatic hydroxyl groups excluding tert-OH is 2. The highest BCUT2D eigenvalue weighted by molar-refractivity contribution is 6.07. The Balaban J connectivity index is 2.24. The lowest BCUT2D eigenvalue weighted by atomic mass is 10.1. The molecule has 8 nitrogen and oxygen atoms in total. The number of amides is 1. The molecule has 0 saturated carbocycles. The Bertz CT molecular complexity index is 940. The second-order valence-electron chi connectivity index (χ2n) is 5.72. The summed E-state index contributed by atoms with van der Waals surface area (Å²) in [6.45, 7) is -0.599. The Morgan fingerprint density at radius 3 is 2.38 bits per heavy atom. The van der Waals surface area contributed by atoms with Crippen molar-refractivity contribution in [2.24, 2.45) is 5.73 Å². The molecule has 0 unspecified atom stereocenters. The summed E-state index contributed by atoms with van der Waals surface area (Å²) < 4.78 is 0. The Hall–Kier alpha value is -3.23. The number of hydrogen-bond acceptors (Lipinski definition) is 7. The van der Waals surface area contributed by atoms with E-state index in [1.807, 2.05) is 0 Å². The van der Waals surface area contributed by atoms with Crippen molar-refractivity contribution in [3.05, 3.63) is 48.0 Å². The minimum absolute atomic E-state index is 0.103. The van der Waals surface area contributed by atoms with E-state index in [0.29, 0.717) is 28.1 Å². The minimum Gasteiger partial charge on any atom is -0.508 e. The topological polar surface area (TPSA) is 142 Å². The van der Waals surface area contributed by atoms with Crippen LogP contribution in [0.3, 0.4) is 0 Å². The molecule has 1 aromatic heterocycles. The maximum Gasteiger partial charge on any atom is 0.250 e. The fraction of sp³-hybridized carbons (Fsp3) is 0.167. The van der Waals surface area contributed by atoms with Gasteiger partial charge in [0.1, 0.15) is 11.6 Å². The molecule has 0 spiro atoms. The summed E-state index contributed by atoms with van der Waals surface area (Å²) in [5.74, 6) is 0.140. The van der Waals surface area contributed by atoms with Crippen LogP contribution in [0, 0.1) is 0 Å². The third-order valence-electron chi connectivity index (χ3n) is 3.90. The number of para-hydroxylation sites is 1. The molecule has 8 heteroatoms. The normalized spacial score (nSPS) is 11.0. The number of nitrogens with one attached hydrogen (secondary N) is 1. The molecule has 26 heavy (non-hydrogen) atoms. The van der Waals surface area contributed by atoms with Crippen molar-refractivity contribution in [2.75, 3.05) is 18.5 Å². The summed E-state index contributed by atoms with van der Waals surface area (Å²) in [6.07, 6.45) is 0. The van der Waals surface area contributed by atoms with Crippen molar-refractivity contribution >= 4 is 22.6 Å². The number of phenols is 1. The van der Waals surface area contributed by atoms with E-state index in [4.69, 9.17) is 5.73 Å². The molecular weight excluding hydrogens is 336 g/mol. The van der Waals surface area contributed by atoms with Crippen molar-refractivity contribution < 1.29 is 20.1 Å². The number of aromatic hydroxyl groups is 1. The van der Waals surface area contributed by atoms with Gasteiger partial charge in [-0.15, -0.1) is 0 Å². The summed E-state index contributed by atoms with van der Waals surface area (Å²) in [7, 11) is 0. The molecule has 0 saturated heterocycles. The number of aromatic nitrogens is 2. The molecule has 6 N–H and O–H groups in total. The summed E-state index contributed by atoms with van der Waals surface area (Å²) >= 11 is 0. The van der Waals surface area contributed by atoms with Crippen molar-refractivity contribution in [1.29, 1.82) is 0 Å². The average Bonchev–Trinajstić information content (AvgIpc) is 2.65. The lowest BCUT2D eigenvalue weighted by Crippen LogP contribution is -2.28. The number of hydrogen-bond donors (Lipinski definition) is 5. The van der Waals surface area contributed by atoms with E-state index in [2.05, 4.69) is 15.3 Å². The molecule has 3 aromatic rings. The molecule has 3 rings (SSSR count). The number of phenolic OH excluding ortho intramolecular Hbond substituents is 1. The molecule has 0 aliphatic heterocycles. The van der Waals surface area contributed by atoms with Crippen LogP contribution in [-0.2, 0) is 0 Å². The highest BCUT2D eigenvalue weighted by Crippen LogP contribution is 2.28. The number of carbonyl (C=O) groups excluding carboxylic acids is 1. The smallest absolute Gasteiger partial charge is 0.250 e. The van der Waals surface area contributed by atoms with E-state index in [0.717, 1.165) is 0 Å². The van der Waals surface area contributed by atoms with Crippen molar-refractivity contribution in [3.8, 4) is 17.1 Å². The number of carbonyl (C=O) groups is 1. The van der Waals surface area contributed by atoms with Gasteiger partial charge in [-0.2, -0.15) is 0 Å². The summed E-state index contributed by atoms with van der Waals surface area (Å²) in [5, 5.41) is 31.7. The maximum atomic E-state index is 11.8. The molecule has 134 valence electrons. The third kappa shape index (κ3) is 3.41. The second kappa shape index (κ2) is 7.34. The van der Waals surface area contributed by atoms with Crippen molar-refractivity contribution in [2.45, 2.75) is 6.04 Å². The third-order valence-corrected chi connectivity index (χ3v) is 3.90. The van der Waals surface area contributed by atoms with Crippen LogP contribution >= 0.6 is 0 Å². The summed E-state index contributed by atoms with van der Waals surface area (Å²) in [4.78, 5) is 20.7. The molecule has 1 amide bonds. The zero-order valence-electron chi connectivity index (χ0n) is 13.8. The summed E-state index contributed by atoms with van der Waals surface area (Å²) in [5.41, 5.74) is 6.67. The molecule has 0 atom stereocenters. The van der Waals surface area contributed by atoms with Crippen LogP contribution in [0.5, 0.6) is 5.75 Å². The van der Waals surface area contributed by atoms with E-state index >= 15 is 0 Å². The van der Waals surface area contributed by atoms with Gasteiger partial charge in [0, 0.05) is 10.9 Å². The minimum atomic E-state index is -0.627. The first-order chi connectivity index (χ1) is 12.5. The number of nitrogens with zero attached hydrogens (tertiary/aromatic N) is 2. The Kier molecular flexibility index (Phi) is 4.97. The monoisotopic (exact) mass is 354 g/mol. The van der Waals surface area contributed by atoms with Gasteiger partial charge in [0.05, 0.1) is 30.3 Å². The Morgan fingerprint density at radius 1 is 1.08 bits per heavy atom. The highest BCUT2D eigenvalue weighted by atomic mass is 16.3. The fourth-order valence-electron chi connectivity index (χ4n) is 2.54. The van der Waals surface area contributed by atoms with E-state index in [9.17, 15) is 20.1 Å². The van der Waals surface area contributed by atoms with Crippen molar-refractivity contribution in [1.82, 2.24) is 9.97 Å². The van der Waals surface area contributed by atoms with Crippen LogP contribution in [0.2, 0.25) is 0 Å². The van der Waals surface area contributed by atoms with Crippen LogP contribution in [0.1, 0.15) is 10.4 Å². The van der Waals surface area contributed by atoms with E-state index in [-0.39, 0.29) is 24.5 Å². The molecule has 2 aromatic carbocycles. The van der Waals surface area contributed by atoms with Gasteiger partial charge in [0.25, 0.3) is 5.91 Å². The first-order valence-corrected chi connectivity index (χ1v) is 7.91. The van der Waals surface area contributed by atoms with Crippen LogP contribution in [0.15, 0.2) is 42.5 Å². The predicted molar refractivity (Wildman–Crippen MR) is 96.7 cm³/mol. The summed E-state index contributed by atoms with van der Waals surface area (Å²) in [6, 6.07) is 10.6. The number of anilines is 1. The van der Waals surface area contributed by atoms with Crippen LogP contribution in [-0.4, -0.2) is 50.5 Å². The Morgan fingerprint density at radius 2 is 1.77 bits per heavy atom.